The maximum absolute atomic E-state index is 6.09. The molecule has 0 amide bonds. The van der Waals surface area contributed by atoms with Crippen molar-refractivity contribution in [3.8, 4) is 11.3 Å². The molecule has 0 N–H and O–H groups in total. The fourth-order valence-electron chi connectivity index (χ4n) is 2.89. The second-order valence-electron chi connectivity index (χ2n) is 5.08. The van der Waals surface area contributed by atoms with Gasteiger partial charge >= 0.3 is 0 Å². The van der Waals surface area contributed by atoms with Crippen molar-refractivity contribution in [2.75, 3.05) is 0 Å². The van der Waals surface area contributed by atoms with Gasteiger partial charge in [0, 0.05) is 16.5 Å². The van der Waals surface area contributed by atoms with E-state index >= 15 is 0 Å². The highest BCUT2D eigenvalue weighted by Crippen LogP contribution is 2.36. The average molecular weight is 258 g/mol. The summed E-state index contributed by atoms with van der Waals surface area (Å²) in [4.78, 5) is 0. The van der Waals surface area contributed by atoms with E-state index in [0.29, 0.717) is 0 Å². The third-order valence-electron chi connectivity index (χ3n) is 3.85. The van der Waals surface area contributed by atoms with E-state index in [0.717, 1.165) is 16.9 Å². The molecule has 1 nitrogen and oxygen atoms in total. The van der Waals surface area contributed by atoms with Gasteiger partial charge in [-0.25, -0.2) is 0 Å². The quantitative estimate of drug-likeness (QED) is 0.435. The standard InChI is InChI=1S/C19H14O/c1-13-18-16-10-6-5-7-14(16)11-12-17(18)20-19(13)15-8-3-2-4-9-15/h2-12H,1H3. The molecule has 20 heavy (non-hydrogen) atoms. The van der Waals surface area contributed by atoms with Gasteiger partial charge in [-0.15, -0.1) is 0 Å². The molecule has 0 aliphatic rings. The van der Waals surface area contributed by atoms with Gasteiger partial charge in [0.25, 0.3) is 0 Å². The number of hydrogen-bond donors (Lipinski definition) is 0. The Labute approximate surface area is 117 Å². The van der Waals surface area contributed by atoms with E-state index in [2.05, 4.69) is 55.5 Å². The first-order chi connectivity index (χ1) is 9.84. The van der Waals surface area contributed by atoms with Crippen molar-refractivity contribution in [2.24, 2.45) is 0 Å². The number of rotatable bonds is 1. The van der Waals surface area contributed by atoms with Gasteiger partial charge in [0.05, 0.1) is 0 Å². The van der Waals surface area contributed by atoms with Crippen molar-refractivity contribution in [3.05, 3.63) is 72.3 Å². The number of aryl methyl sites for hydroxylation is 1. The molecule has 0 aliphatic carbocycles. The molecule has 0 saturated heterocycles. The molecular weight excluding hydrogens is 244 g/mol. The molecule has 0 atom stereocenters. The van der Waals surface area contributed by atoms with E-state index in [1.54, 1.807) is 0 Å². The molecule has 96 valence electrons. The predicted molar refractivity (Wildman–Crippen MR) is 83.9 cm³/mol. The van der Waals surface area contributed by atoms with Crippen LogP contribution in [0.25, 0.3) is 33.1 Å². The largest absolute Gasteiger partial charge is 0.456 e. The van der Waals surface area contributed by atoms with Crippen LogP contribution in [-0.4, -0.2) is 0 Å². The van der Waals surface area contributed by atoms with Crippen molar-refractivity contribution in [3.63, 3.8) is 0 Å². The SMILES string of the molecule is Cc1c(-c2ccccc2)oc2ccc3ccccc3c12. The third-order valence-corrected chi connectivity index (χ3v) is 3.85. The van der Waals surface area contributed by atoms with Crippen LogP contribution in [0.15, 0.2) is 71.1 Å². The summed E-state index contributed by atoms with van der Waals surface area (Å²) in [6, 6.07) is 22.9. The summed E-state index contributed by atoms with van der Waals surface area (Å²) in [5.41, 5.74) is 3.30. The van der Waals surface area contributed by atoms with Crippen molar-refractivity contribution >= 4 is 21.7 Å². The normalized spacial score (nSPS) is 11.2. The van der Waals surface area contributed by atoms with Crippen molar-refractivity contribution in [1.29, 1.82) is 0 Å². The van der Waals surface area contributed by atoms with Crippen molar-refractivity contribution in [1.82, 2.24) is 0 Å². The smallest absolute Gasteiger partial charge is 0.138 e. The van der Waals surface area contributed by atoms with Crippen LogP contribution in [0.2, 0.25) is 0 Å². The molecule has 4 rings (SSSR count). The first kappa shape index (κ1) is 11.3. The molecule has 1 aromatic heterocycles. The average Bonchev–Trinajstić information content (AvgIpc) is 2.86. The lowest BCUT2D eigenvalue weighted by molar-refractivity contribution is 0.629. The van der Waals surface area contributed by atoms with E-state index in [1.807, 2.05) is 18.2 Å². The van der Waals surface area contributed by atoms with Crippen LogP contribution < -0.4 is 0 Å². The van der Waals surface area contributed by atoms with Crippen LogP contribution in [0.1, 0.15) is 5.56 Å². The van der Waals surface area contributed by atoms with Crippen LogP contribution in [-0.2, 0) is 0 Å². The van der Waals surface area contributed by atoms with Crippen LogP contribution in [0.5, 0.6) is 0 Å². The molecule has 1 heterocycles. The van der Waals surface area contributed by atoms with Crippen LogP contribution in [0.3, 0.4) is 0 Å². The molecule has 3 aromatic carbocycles. The number of benzene rings is 3. The summed E-state index contributed by atoms with van der Waals surface area (Å²) in [6.07, 6.45) is 0. The highest BCUT2D eigenvalue weighted by Gasteiger charge is 2.14. The molecule has 1 heteroatoms. The molecule has 0 fully saturated rings. The van der Waals surface area contributed by atoms with E-state index in [4.69, 9.17) is 4.42 Å². The van der Waals surface area contributed by atoms with Crippen LogP contribution >= 0.6 is 0 Å². The fourth-order valence-corrected chi connectivity index (χ4v) is 2.89. The summed E-state index contributed by atoms with van der Waals surface area (Å²) >= 11 is 0. The molecule has 0 bridgehead atoms. The van der Waals surface area contributed by atoms with Gasteiger partial charge in [-0.1, -0.05) is 60.7 Å². The Hall–Kier alpha value is -2.54. The number of fused-ring (bicyclic) bond motifs is 3. The summed E-state index contributed by atoms with van der Waals surface area (Å²) in [5, 5.41) is 3.74. The van der Waals surface area contributed by atoms with Crippen molar-refractivity contribution in [2.45, 2.75) is 6.92 Å². The van der Waals surface area contributed by atoms with E-state index < -0.39 is 0 Å². The van der Waals surface area contributed by atoms with E-state index in [9.17, 15) is 0 Å². The molecule has 0 aliphatic heterocycles. The zero-order valence-corrected chi connectivity index (χ0v) is 11.3. The lowest BCUT2D eigenvalue weighted by atomic mass is 10.0. The number of hydrogen-bond acceptors (Lipinski definition) is 1. The zero-order chi connectivity index (χ0) is 13.5. The molecule has 0 radical (unpaired) electrons. The fraction of sp³-hybridized carbons (Fsp3) is 0.0526. The maximum Gasteiger partial charge on any atom is 0.138 e. The second-order valence-corrected chi connectivity index (χ2v) is 5.08. The van der Waals surface area contributed by atoms with E-state index in [1.165, 1.54) is 21.7 Å². The van der Waals surface area contributed by atoms with Gasteiger partial charge in [0.2, 0.25) is 0 Å². The first-order valence-corrected chi connectivity index (χ1v) is 6.81. The lowest BCUT2D eigenvalue weighted by Gasteiger charge is -1.99. The number of furan rings is 1. The summed E-state index contributed by atoms with van der Waals surface area (Å²) in [5.74, 6) is 0.969. The minimum Gasteiger partial charge on any atom is -0.456 e. The topological polar surface area (TPSA) is 13.1 Å². The van der Waals surface area contributed by atoms with Crippen LogP contribution in [0, 0.1) is 6.92 Å². The van der Waals surface area contributed by atoms with E-state index in [-0.39, 0.29) is 0 Å². The molecule has 4 aromatic rings. The first-order valence-electron chi connectivity index (χ1n) is 6.81. The second kappa shape index (κ2) is 4.24. The third kappa shape index (κ3) is 1.56. The molecular formula is C19H14O. The molecule has 0 unspecified atom stereocenters. The summed E-state index contributed by atoms with van der Waals surface area (Å²) in [6.45, 7) is 2.14. The Morgan fingerprint density at radius 2 is 1.50 bits per heavy atom. The molecule has 0 saturated carbocycles. The Morgan fingerprint density at radius 1 is 0.750 bits per heavy atom. The predicted octanol–water partition coefficient (Wildman–Crippen LogP) is 5.56. The minimum absolute atomic E-state index is 0.958. The van der Waals surface area contributed by atoms with Gasteiger partial charge in [0.1, 0.15) is 11.3 Å². The lowest BCUT2D eigenvalue weighted by Crippen LogP contribution is -1.78. The highest BCUT2D eigenvalue weighted by atomic mass is 16.3. The Kier molecular flexibility index (Phi) is 2.40. The monoisotopic (exact) mass is 258 g/mol. The van der Waals surface area contributed by atoms with Gasteiger partial charge in [-0.05, 0) is 23.8 Å². The van der Waals surface area contributed by atoms with Crippen molar-refractivity contribution < 1.29 is 4.42 Å². The van der Waals surface area contributed by atoms with Gasteiger partial charge in [0.15, 0.2) is 0 Å². The summed E-state index contributed by atoms with van der Waals surface area (Å²) in [7, 11) is 0. The summed E-state index contributed by atoms with van der Waals surface area (Å²) < 4.78 is 6.09. The zero-order valence-electron chi connectivity index (χ0n) is 11.3. The highest BCUT2D eigenvalue weighted by molar-refractivity contribution is 6.09. The van der Waals surface area contributed by atoms with Gasteiger partial charge < -0.3 is 4.42 Å². The molecule has 0 spiro atoms. The Morgan fingerprint density at radius 3 is 2.35 bits per heavy atom. The van der Waals surface area contributed by atoms with Crippen LogP contribution in [0.4, 0.5) is 0 Å². The van der Waals surface area contributed by atoms with Gasteiger partial charge in [-0.3, -0.25) is 0 Å². The van der Waals surface area contributed by atoms with Gasteiger partial charge in [-0.2, -0.15) is 0 Å². The maximum atomic E-state index is 6.09. The Bertz CT molecular complexity index is 901. The Balaban J connectivity index is 2.11. The minimum atomic E-state index is 0.958.